The van der Waals surface area contributed by atoms with Crippen molar-refractivity contribution in [2.45, 2.75) is 20.5 Å². The number of hydrogen-bond acceptors (Lipinski definition) is 2. The first-order valence-electron chi connectivity index (χ1n) is 3.49. The third-order valence-electron chi connectivity index (χ3n) is 1.51. The average molecular weight is 121 g/mol. The second-order valence-electron chi connectivity index (χ2n) is 2.70. The Kier molecular flexibility index (Phi) is 2.30. The summed E-state index contributed by atoms with van der Waals surface area (Å²) in [7, 11) is 1.01. The van der Waals surface area contributed by atoms with Gasteiger partial charge >= 0.3 is 7.12 Å². The summed E-state index contributed by atoms with van der Waals surface area (Å²) in [6.07, 6.45) is 0. The van der Waals surface area contributed by atoms with E-state index in [1.807, 2.05) is 6.82 Å². The van der Waals surface area contributed by atoms with Crippen LogP contribution in [0.25, 0.3) is 0 Å². The fourth-order valence-corrected chi connectivity index (χ4v) is 1.26. The third-order valence-corrected chi connectivity index (χ3v) is 1.51. The molecule has 0 amide bonds. The summed E-state index contributed by atoms with van der Waals surface area (Å²) in [5.74, 6) is 0. The summed E-state index contributed by atoms with van der Waals surface area (Å²) in [6.45, 7) is 6.82. The summed E-state index contributed by atoms with van der Waals surface area (Å²) >= 11 is 0. The maximum absolute atomic E-state index is 5.33. The van der Waals surface area contributed by atoms with E-state index in [4.69, 9.17) is 9.14 Å². The van der Waals surface area contributed by atoms with Crippen molar-refractivity contribution < 1.29 is 9.14 Å². The molecule has 6 heteroatoms. The maximum Gasteiger partial charge on any atom is 0.421 e. The lowest BCUT2D eigenvalue weighted by molar-refractivity contribution is 0.451. The van der Waals surface area contributed by atoms with Crippen LogP contribution >= 0.6 is 0 Å². The Morgan fingerprint density at radius 3 is 1.78 bits per heavy atom. The molecule has 0 unspecified atom stereocenters. The molecule has 0 aromatic heterocycles. The molecular formula is C3H10B4O2. The molecule has 9 heavy (non-hydrogen) atoms. The molecule has 0 atom stereocenters. The minimum Gasteiger partial charge on any atom is -0.483 e. The molecule has 0 bridgehead atoms. The van der Waals surface area contributed by atoms with Gasteiger partial charge in [-0.2, -0.15) is 0 Å². The second kappa shape index (κ2) is 2.84. The topological polar surface area (TPSA) is 18.5 Å². The fourth-order valence-electron chi connectivity index (χ4n) is 1.26. The van der Waals surface area contributed by atoms with Crippen molar-refractivity contribution in [3.05, 3.63) is 0 Å². The average Bonchev–Trinajstić information content (AvgIpc) is 1.59. The first-order chi connectivity index (χ1) is 4.18. The van der Waals surface area contributed by atoms with E-state index >= 15 is 0 Å². The van der Waals surface area contributed by atoms with Crippen LogP contribution in [0, 0.1) is 0 Å². The van der Waals surface area contributed by atoms with Gasteiger partial charge < -0.3 is 9.14 Å². The minimum atomic E-state index is -0.0104. The molecule has 1 rings (SSSR count). The van der Waals surface area contributed by atoms with Crippen LogP contribution in [-0.2, 0) is 9.14 Å². The summed E-state index contributed by atoms with van der Waals surface area (Å²) < 4.78 is 10.7. The van der Waals surface area contributed by atoms with Crippen molar-refractivity contribution in [1.29, 1.82) is 0 Å². The summed E-state index contributed by atoms with van der Waals surface area (Å²) in [6, 6.07) is 0. The van der Waals surface area contributed by atoms with Crippen LogP contribution in [0.4, 0.5) is 0 Å². The van der Waals surface area contributed by atoms with Crippen molar-refractivity contribution in [1.82, 2.24) is 0 Å². The fraction of sp³-hybridized carbons (Fsp3) is 1.00. The van der Waals surface area contributed by atoms with E-state index in [-0.39, 0.29) is 7.12 Å². The molecule has 1 fully saturated rings. The Labute approximate surface area is 58.3 Å². The molecule has 2 nitrogen and oxygen atoms in total. The molecule has 0 N–H and O–H groups in total. The SMILES string of the molecule is CB1BB(C)OB(C)O1. The highest BCUT2D eigenvalue weighted by molar-refractivity contribution is 7.39. The van der Waals surface area contributed by atoms with E-state index in [2.05, 4.69) is 13.6 Å². The van der Waals surface area contributed by atoms with Crippen LogP contribution in [0.5, 0.6) is 0 Å². The summed E-state index contributed by atoms with van der Waals surface area (Å²) in [5, 5.41) is 0. The molecule has 46 valence electrons. The highest BCUT2D eigenvalue weighted by atomic mass is 16.6. The van der Waals surface area contributed by atoms with Gasteiger partial charge in [0.2, 0.25) is 13.6 Å². The Morgan fingerprint density at radius 2 is 1.44 bits per heavy atom. The van der Waals surface area contributed by atoms with E-state index in [1.165, 1.54) is 0 Å². The molecule has 1 aliphatic heterocycles. The highest BCUT2D eigenvalue weighted by Crippen LogP contribution is 2.02. The maximum atomic E-state index is 5.33. The van der Waals surface area contributed by atoms with Crippen LogP contribution in [0.15, 0.2) is 0 Å². The lowest BCUT2D eigenvalue weighted by Crippen LogP contribution is -2.49. The smallest absolute Gasteiger partial charge is 0.421 e. The van der Waals surface area contributed by atoms with Crippen molar-refractivity contribution in [2.75, 3.05) is 0 Å². The predicted molar refractivity (Wildman–Crippen MR) is 44.2 cm³/mol. The van der Waals surface area contributed by atoms with E-state index in [1.54, 1.807) is 0 Å². The molecule has 0 aliphatic carbocycles. The van der Waals surface area contributed by atoms with Gasteiger partial charge in [-0.25, -0.2) is 0 Å². The van der Waals surface area contributed by atoms with Crippen molar-refractivity contribution in [3.63, 3.8) is 0 Å². The first-order valence-corrected chi connectivity index (χ1v) is 3.49. The molecule has 0 saturated carbocycles. The van der Waals surface area contributed by atoms with Crippen LogP contribution in [0.2, 0.25) is 20.5 Å². The van der Waals surface area contributed by atoms with Gasteiger partial charge in [-0.3, -0.25) is 0 Å². The van der Waals surface area contributed by atoms with Gasteiger partial charge in [0.1, 0.15) is 7.06 Å². The Morgan fingerprint density at radius 1 is 1.00 bits per heavy atom. The van der Waals surface area contributed by atoms with Gasteiger partial charge in [-0.05, 0) is 6.82 Å². The van der Waals surface area contributed by atoms with Gasteiger partial charge in [-0.1, -0.05) is 13.6 Å². The van der Waals surface area contributed by atoms with Gasteiger partial charge in [0, 0.05) is 0 Å². The largest absolute Gasteiger partial charge is 0.483 e. The van der Waals surface area contributed by atoms with Crippen molar-refractivity contribution >= 4 is 27.8 Å². The van der Waals surface area contributed by atoms with Crippen molar-refractivity contribution in [3.8, 4) is 0 Å². The molecule has 1 saturated heterocycles. The van der Waals surface area contributed by atoms with Gasteiger partial charge in [0.25, 0.3) is 0 Å². The Balaban J connectivity index is 2.34. The molecule has 1 aliphatic rings. The lowest BCUT2D eigenvalue weighted by atomic mass is 9.11. The van der Waals surface area contributed by atoms with E-state index in [9.17, 15) is 0 Å². The predicted octanol–water partition coefficient (Wildman–Crippen LogP) is -0.176. The molecule has 0 spiro atoms. The summed E-state index contributed by atoms with van der Waals surface area (Å²) in [4.78, 5) is 0. The van der Waals surface area contributed by atoms with E-state index in [0.29, 0.717) is 13.6 Å². The standard InChI is InChI=1S/C3H10B4O2/c1-5-4-6(2)9-7(3)8-5/h4H,1-3H3. The Hall–Kier alpha value is 0.180. The van der Waals surface area contributed by atoms with E-state index in [0.717, 1.165) is 7.06 Å². The number of rotatable bonds is 0. The van der Waals surface area contributed by atoms with Gasteiger partial charge in [0.05, 0.1) is 0 Å². The van der Waals surface area contributed by atoms with Crippen LogP contribution in [0.3, 0.4) is 0 Å². The van der Waals surface area contributed by atoms with Gasteiger partial charge in [-0.15, -0.1) is 0 Å². The van der Waals surface area contributed by atoms with Crippen molar-refractivity contribution in [2.24, 2.45) is 0 Å². The Bertz CT molecular complexity index is 74.8. The first kappa shape index (κ1) is 7.29. The third kappa shape index (κ3) is 2.11. The lowest BCUT2D eigenvalue weighted by Gasteiger charge is -2.24. The van der Waals surface area contributed by atoms with E-state index < -0.39 is 0 Å². The zero-order valence-electron chi connectivity index (χ0n) is 6.26. The van der Waals surface area contributed by atoms with Crippen LogP contribution in [-0.4, -0.2) is 27.8 Å². The summed E-state index contributed by atoms with van der Waals surface area (Å²) in [5.41, 5.74) is 0. The number of hydrogen-bond donors (Lipinski definition) is 0. The molecule has 1 heterocycles. The zero-order chi connectivity index (χ0) is 6.85. The van der Waals surface area contributed by atoms with Crippen LogP contribution in [0.1, 0.15) is 0 Å². The monoisotopic (exact) mass is 122 g/mol. The highest BCUT2D eigenvalue weighted by Gasteiger charge is 2.30. The quantitative estimate of drug-likeness (QED) is 0.414. The molecule has 0 aromatic rings. The molecule has 0 aromatic carbocycles. The normalized spacial score (nSPS) is 20.1. The van der Waals surface area contributed by atoms with Gasteiger partial charge in [0.15, 0.2) is 0 Å². The minimum absolute atomic E-state index is 0.0104. The molecular weight excluding hydrogens is 111 g/mol. The second-order valence-corrected chi connectivity index (χ2v) is 2.70. The van der Waals surface area contributed by atoms with Crippen LogP contribution < -0.4 is 0 Å². The zero-order valence-corrected chi connectivity index (χ0v) is 6.26. The molecule has 0 radical (unpaired) electrons.